The molecule has 0 amide bonds. The van der Waals surface area contributed by atoms with Gasteiger partial charge in [0.25, 0.3) is 0 Å². The Balaban J connectivity index is 1.77. The van der Waals surface area contributed by atoms with Crippen molar-refractivity contribution in [1.82, 2.24) is 9.88 Å². The summed E-state index contributed by atoms with van der Waals surface area (Å²) in [6.45, 7) is 0.911. The number of aromatic nitrogens is 1. The fourth-order valence-corrected chi connectivity index (χ4v) is 4.33. The zero-order valence-electron chi connectivity index (χ0n) is 14.1. The molecular formula is C19H24N2O2S. The molecule has 1 aromatic carbocycles. The second-order valence-electron chi connectivity index (χ2n) is 6.58. The molecule has 5 heteroatoms. The molecule has 24 heavy (non-hydrogen) atoms. The van der Waals surface area contributed by atoms with Gasteiger partial charge in [-0.2, -0.15) is 0 Å². The number of carboxylic acid groups (broad SMARTS) is 1. The first-order valence-electron chi connectivity index (χ1n) is 8.58. The smallest absolute Gasteiger partial charge is 0.309 e. The Morgan fingerprint density at radius 3 is 2.79 bits per heavy atom. The van der Waals surface area contributed by atoms with E-state index in [1.807, 2.05) is 11.4 Å². The maximum absolute atomic E-state index is 10.9. The Kier molecular flexibility index (Phi) is 5.63. The van der Waals surface area contributed by atoms with Gasteiger partial charge in [-0.1, -0.05) is 43.5 Å². The topological polar surface area (TPSA) is 53.4 Å². The van der Waals surface area contributed by atoms with Gasteiger partial charge in [0.1, 0.15) is 5.01 Å². The second kappa shape index (κ2) is 7.90. The molecule has 1 heterocycles. The van der Waals surface area contributed by atoms with E-state index in [0.29, 0.717) is 11.7 Å². The molecule has 0 radical (unpaired) electrons. The fraction of sp³-hybridized carbons (Fsp3) is 0.474. The van der Waals surface area contributed by atoms with Crippen LogP contribution in [0.3, 0.4) is 0 Å². The highest BCUT2D eigenvalue weighted by atomic mass is 32.1. The summed E-state index contributed by atoms with van der Waals surface area (Å²) in [6, 6.07) is 9.02. The monoisotopic (exact) mass is 344 g/mol. The van der Waals surface area contributed by atoms with Crippen molar-refractivity contribution < 1.29 is 9.90 Å². The van der Waals surface area contributed by atoms with E-state index in [1.54, 1.807) is 0 Å². The van der Waals surface area contributed by atoms with Crippen LogP contribution >= 0.6 is 11.3 Å². The molecule has 128 valence electrons. The van der Waals surface area contributed by atoms with Gasteiger partial charge in [0, 0.05) is 23.5 Å². The molecule has 0 unspecified atom stereocenters. The van der Waals surface area contributed by atoms with E-state index in [-0.39, 0.29) is 6.42 Å². The molecule has 1 saturated carbocycles. The van der Waals surface area contributed by atoms with Crippen LogP contribution < -0.4 is 0 Å². The summed E-state index contributed by atoms with van der Waals surface area (Å²) < 4.78 is 0. The Hall–Kier alpha value is -1.72. The Morgan fingerprint density at radius 1 is 1.29 bits per heavy atom. The maximum Gasteiger partial charge on any atom is 0.309 e. The number of nitrogens with zero attached hydrogens (tertiary/aromatic N) is 2. The number of thiazole rings is 1. The molecule has 0 bridgehead atoms. The first-order valence-corrected chi connectivity index (χ1v) is 9.46. The van der Waals surface area contributed by atoms with Crippen LogP contribution in [-0.2, 0) is 17.8 Å². The van der Waals surface area contributed by atoms with Crippen LogP contribution in [0.4, 0.5) is 0 Å². The third kappa shape index (κ3) is 4.22. The summed E-state index contributed by atoms with van der Waals surface area (Å²) in [5, 5.41) is 11.7. The normalized spacial score (nSPS) is 15.8. The number of carboxylic acids is 1. The minimum absolute atomic E-state index is 0.0133. The Bertz CT molecular complexity index is 692. The SMILES string of the molecule is CN(Cc1ccccc1-c1nc(CC(=O)O)cs1)C1CCCCC1. The lowest BCUT2D eigenvalue weighted by molar-refractivity contribution is -0.136. The number of aliphatic carboxylic acids is 1. The molecule has 0 spiro atoms. The third-order valence-corrected chi connectivity index (χ3v) is 5.67. The van der Waals surface area contributed by atoms with Gasteiger partial charge in [0.2, 0.25) is 0 Å². The maximum atomic E-state index is 10.9. The molecule has 1 aromatic heterocycles. The standard InChI is InChI=1S/C19H24N2O2S/c1-21(16-8-3-2-4-9-16)12-14-7-5-6-10-17(14)19-20-15(13-24-19)11-18(22)23/h5-7,10,13,16H,2-4,8-9,11-12H2,1H3,(H,22,23). The van der Waals surface area contributed by atoms with Crippen molar-refractivity contribution >= 4 is 17.3 Å². The number of rotatable bonds is 6. The number of benzene rings is 1. The lowest BCUT2D eigenvalue weighted by atomic mass is 9.94. The van der Waals surface area contributed by atoms with E-state index >= 15 is 0 Å². The minimum atomic E-state index is -0.836. The molecule has 0 atom stereocenters. The summed E-state index contributed by atoms with van der Waals surface area (Å²) >= 11 is 1.53. The first kappa shape index (κ1) is 17.1. The van der Waals surface area contributed by atoms with E-state index in [1.165, 1.54) is 49.0 Å². The van der Waals surface area contributed by atoms with E-state index in [0.717, 1.165) is 17.1 Å². The highest BCUT2D eigenvalue weighted by molar-refractivity contribution is 7.13. The lowest BCUT2D eigenvalue weighted by Crippen LogP contribution is -2.33. The van der Waals surface area contributed by atoms with Crippen LogP contribution in [0.2, 0.25) is 0 Å². The van der Waals surface area contributed by atoms with Crippen molar-refractivity contribution in [2.24, 2.45) is 0 Å². The highest BCUT2D eigenvalue weighted by Gasteiger charge is 2.19. The van der Waals surface area contributed by atoms with Crippen molar-refractivity contribution in [1.29, 1.82) is 0 Å². The van der Waals surface area contributed by atoms with Crippen molar-refractivity contribution in [2.45, 2.75) is 51.1 Å². The highest BCUT2D eigenvalue weighted by Crippen LogP contribution is 2.29. The van der Waals surface area contributed by atoms with E-state index < -0.39 is 5.97 Å². The molecule has 1 fully saturated rings. The van der Waals surface area contributed by atoms with Gasteiger partial charge in [0.05, 0.1) is 12.1 Å². The van der Waals surface area contributed by atoms with Gasteiger partial charge in [-0.3, -0.25) is 9.69 Å². The largest absolute Gasteiger partial charge is 0.481 e. The Labute approximate surface area is 147 Å². The summed E-state index contributed by atoms with van der Waals surface area (Å²) in [4.78, 5) is 17.8. The molecule has 0 aliphatic heterocycles. The van der Waals surface area contributed by atoms with E-state index in [9.17, 15) is 4.79 Å². The van der Waals surface area contributed by atoms with Crippen LogP contribution in [0.15, 0.2) is 29.6 Å². The average Bonchev–Trinajstić information content (AvgIpc) is 3.03. The van der Waals surface area contributed by atoms with Crippen molar-refractivity contribution in [2.75, 3.05) is 7.05 Å². The predicted molar refractivity (Wildman–Crippen MR) is 97.2 cm³/mol. The predicted octanol–water partition coefficient (Wildman–Crippen LogP) is 4.20. The van der Waals surface area contributed by atoms with Gasteiger partial charge in [-0.05, 0) is 25.5 Å². The van der Waals surface area contributed by atoms with Gasteiger partial charge >= 0.3 is 5.97 Å². The van der Waals surface area contributed by atoms with Crippen LogP contribution in [0.1, 0.15) is 43.4 Å². The molecule has 3 rings (SSSR count). The molecule has 1 aliphatic carbocycles. The molecule has 2 aromatic rings. The second-order valence-corrected chi connectivity index (χ2v) is 7.44. The number of carbonyl (C=O) groups is 1. The van der Waals surface area contributed by atoms with Gasteiger partial charge in [-0.25, -0.2) is 4.98 Å². The molecule has 1 N–H and O–H groups in total. The lowest BCUT2D eigenvalue weighted by Gasteiger charge is -2.31. The molecular weight excluding hydrogens is 320 g/mol. The average molecular weight is 344 g/mol. The molecule has 0 saturated heterocycles. The summed E-state index contributed by atoms with van der Waals surface area (Å²) in [5.41, 5.74) is 3.03. The minimum Gasteiger partial charge on any atom is -0.481 e. The fourth-order valence-electron chi connectivity index (χ4n) is 3.45. The van der Waals surface area contributed by atoms with Crippen LogP contribution in [0.25, 0.3) is 10.6 Å². The Morgan fingerprint density at radius 2 is 2.04 bits per heavy atom. The summed E-state index contributed by atoms with van der Waals surface area (Å²) in [6.07, 6.45) is 6.60. The number of hydrogen-bond donors (Lipinski definition) is 1. The summed E-state index contributed by atoms with van der Waals surface area (Å²) in [7, 11) is 2.21. The van der Waals surface area contributed by atoms with Crippen LogP contribution in [-0.4, -0.2) is 34.0 Å². The van der Waals surface area contributed by atoms with E-state index in [4.69, 9.17) is 5.11 Å². The quantitative estimate of drug-likeness (QED) is 0.853. The van der Waals surface area contributed by atoms with Crippen molar-refractivity contribution in [3.8, 4) is 10.6 Å². The van der Waals surface area contributed by atoms with Gasteiger partial charge in [-0.15, -0.1) is 11.3 Å². The first-order chi connectivity index (χ1) is 11.6. The van der Waals surface area contributed by atoms with Gasteiger partial charge < -0.3 is 5.11 Å². The van der Waals surface area contributed by atoms with Gasteiger partial charge in [0.15, 0.2) is 0 Å². The van der Waals surface area contributed by atoms with Crippen LogP contribution in [0.5, 0.6) is 0 Å². The van der Waals surface area contributed by atoms with Crippen molar-refractivity contribution in [3.63, 3.8) is 0 Å². The van der Waals surface area contributed by atoms with E-state index in [2.05, 4.69) is 35.1 Å². The summed E-state index contributed by atoms with van der Waals surface area (Å²) in [5.74, 6) is -0.836. The zero-order chi connectivity index (χ0) is 16.9. The molecule has 4 nitrogen and oxygen atoms in total. The molecule has 1 aliphatic rings. The number of hydrogen-bond acceptors (Lipinski definition) is 4. The van der Waals surface area contributed by atoms with Crippen LogP contribution in [0, 0.1) is 0 Å². The third-order valence-electron chi connectivity index (χ3n) is 4.75. The zero-order valence-corrected chi connectivity index (χ0v) is 14.9. The van der Waals surface area contributed by atoms with Crippen molar-refractivity contribution in [3.05, 3.63) is 40.9 Å².